The van der Waals surface area contributed by atoms with Crippen LogP contribution in [0.2, 0.25) is 0 Å². The zero-order valence-electron chi connectivity index (χ0n) is 22.9. The van der Waals surface area contributed by atoms with Gasteiger partial charge >= 0.3 is 0 Å². The highest BCUT2D eigenvalue weighted by molar-refractivity contribution is 6.20. The van der Waals surface area contributed by atoms with E-state index < -0.39 is 10.8 Å². The molecule has 3 aromatic carbocycles. The van der Waals surface area contributed by atoms with Crippen molar-refractivity contribution in [2.45, 2.75) is 39.0 Å². The molecule has 6 rings (SSSR count). The van der Waals surface area contributed by atoms with Gasteiger partial charge in [-0.3, -0.25) is 9.59 Å². The van der Waals surface area contributed by atoms with Crippen molar-refractivity contribution < 1.29 is 14.7 Å². The number of allylic oxidation sites excluding steroid dienone is 1. The molecule has 1 atom stereocenters. The summed E-state index contributed by atoms with van der Waals surface area (Å²) in [4.78, 5) is 30.7. The zero-order valence-corrected chi connectivity index (χ0v) is 22.9. The standard InChI is InChI=1S/C33H32N4O3/c1-4-36-24-18-12-11-17-23(24)33(31(36)40,27-25(38)19-32(2,3)20-26(27)39)28-29(21-13-7-5-8-14-21)35-37(30(28)34)22-15-9-6-10-16-22/h5-18,38H,4,19-20,34H2,1-3H3. The van der Waals surface area contributed by atoms with Crippen LogP contribution in [-0.4, -0.2) is 33.1 Å². The molecule has 1 unspecified atom stereocenters. The predicted molar refractivity (Wildman–Crippen MR) is 156 cm³/mol. The van der Waals surface area contributed by atoms with E-state index in [1.165, 1.54) is 0 Å². The number of ketones is 1. The van der Waals surface area contributed by atoms with Gasteiger partial charge in [0.25, 0.3) is 0 Å². The number of nitrogen functional groups attached to an aromatic ring is 1. The van der Waals surface area contributed by atoms with Gasteiger partial charge in [-0.1, -0.05) is 80.6 Å². The number of Topliss-reactive ketones (excluding diaryl/α,β-unsaturated/α-hetero) is 1. The molecule has 0 radical (unpaired) electrons. The van der Waals surface area contributed by atoms with Gasteiger partial charge in [-0.25, -0.2) is 4.68 Å². The normalized spacial score (nSPS) is 20.2. The first-order valence-electron chi connectivity index (χ1n) is 13.6. The molecule has 0 bridgehead atoms. The molecule has 1 amide bonds. The molecule has 4 aromatic rings. The van der Waals surface area contributed by atoms with Crippen LogP contribution in [0.25, 0.3) is 16.9 Å². The molecule has 1 aliphatic carbocycles. The third kappa shape index (κ3) is 3.61. The van der Waals surface area contributed by atoms with Crippen molar-refractivity contribution in [3.63, 3.8) is 0 Å². The molecule has 7 heteroatoms. The number of para-hydroxylation sites is 2. The molecule has 3 N–H and O–H groups in total. The number of nitrogens with two attached hydrogens (primary N) is 1. The Labute approximate surface area is 233 Å². The van der Waals surface area contributed by atoms with Crippen molar-refractivity contribution in [3.05, 3.63) is 107 Å². The van der Waals surface area contributed by atoms with Crippen molar-refractivity contribution >= 4 is 23.2 Å². The zero-order chi connectivity index (χ0) is 28.2. The van der Waals surface area contributed by atoms with Crippen molar-refractivity contribution in [1.29, 1.82) is 0 Å². The van der Waals surface area contributed by atoms with Crippen LogP contribution in [0, 0.1) is 5.41 Å². The monoisotopic (exact) mass is 532 g/mol. The fourth-order valence-electron chi connectivity index (χ4n) is 6.45. The summed E-state index contributed by atoms with van der Waals surface area (Å²) in [5.41, 5.74) is 8.67. The number of hydrogen-bond donors (Lipinski definition) is 2. The fourth-order valence-corrected chi connectivity index (χ4v) is 6.45. The first kappa shape index (κ1) is 25.6. The number of nitrogens with zero attached hydrogens (tertiary/aromatic N) is 3. The van der Waals surface area contributed by atoms with E-state index in [0.29, 0.717) is 29.1 Å². The van der Waals surface area contributed by atoms with Gasteiger partial charge in [0, 0.05) is 41.8 Å². The number of carbonyl (C=O) groups excluding carboxylic acids is 2. The van der Waals surface area contributed by atoms with Crippen LogP contribution in [-0.2, 0) is 15.0 Å². The van der Waals surface area contributed by atoms with E-state index >= 15 is 0 Å². The molecule has 0 saturated heterocycles. The van der Waals surface area contributed by atoms with Crippen LogP contribution in [0.3, 0.4) is 0 Å². The molecule has 202 valence electrons. The van der Waals surface area contributed by atoms with Gasteiger partial charge in [0.05, 0.1) is 17.0 Å². The lowest BCUT2D eigenvalue weighted by molar-refractivity contribution is -0.125. The Morgan fingerprint density at radius 1 is 0.900 bits per heavy atom. The van der Waals surface area contributed by atoms with E-state index in [2.05, 4.69) is 0 Å². The summed E-state index contributed by atoms with van der Waals surface area (Å²) in [5, 5.41) is 16.6. The molecule has 0 spiro atoms. The lowest BCUT2D eigenvalue weighted by Gasteiger charge is -2.38. The number of amides is 1. The summed E-state index contributed by atoms with van der Waals surface area (Å²) < 4.78 is 1.62. The Hall–Kier alpha value is -4.65. The number of hydrogen-bond acceptors (Lipinski definition) is 5. The third-order valence-corrected chi connectivity index (χ3v) is 8.05. The van der Waals surface area contributed by atoms with Crippen molar-refractivity contribution in [2.24, 2.45) is 5.41 Å². The number of anilines is 2. The van der Waals surface area contributed by atoms with Gasteiger partial charge in [0.1, 0.15) is 17.0 Å². The van der Waals surface area contributed by atoms with E-state index in [1.54, 1.807) is 9.58 Å². The van der Waals surface area contributed by atoms with E-state index in [-0.39, 0.29) is 41.7 Å². The number of aromatic nitrogens is 2. The highest BCUT2D eigenvalue weighted by Gasteiger charge is 2.61. The molecule has 1 aliphatic heterocycles. The summed E-state index contributed by atoms with van der Waals surface area (Å²) in [6.45, 7) is 6.19. The topological polar surface area (TPSA) is 101 Å². The summed E-state index contributed by atoms with van der Waals surface area (Å²) in [6.07, 6.45) is 0.466. The summed E-state index contributed by atoms with van der Waals surface area (Å²) in [7, 11) is 0. The van der Waals surface area contributed by atoms with Gasteiger partial charge < -0.3 is 15.7 Å². The molecule has 7 nitrogen and oxygen atoms in total. The lowest BCUT2D eigenvalue weighted by Crippen LogP contribution is -2.47. The fraction of sp³-hybridized carbons (Fsp3) is 0.242. The second-order valence-corrected chi connectivity index (χ2v) is 11.3. The van der Waals surface area contributed by atoms with Crippen LogP contribution >= 0.6 is 0 Å². The van der Waals surface area contributed by atoms with Gasteiger partial charge in [-0.2, -0.15) is 5.10 Å². The third-order valence-electron chi connectivity index (χ3n) is 8.05. The van der Waals surface area contributed by atoms with Gasteiger partial charge in [0.2, 0.25) is 5.91 Å². The predicted octanol–water partition coefficient (Wildman–Crippen LogP) is 5.98. The number of aliphatic hydroxyl groups is 1. The summed E-state index contributed by atoms with van der Waals surface area (Å²) >= 11 is 0. The highest BCUT2D eigenvalue weighted by atomic mass is 16.3. The number of fused-ring (bicyclic) bond motifs is 1. The average molecular weight is 533 g/mol. The maximum absolute atomic E-state index is 14.9. The first-order valence-corrected chi connectivity index (χ1v) is 13.6. The van der Waals surface area contributed by atoms with E-state index in [0.717, 1.165) is 11.3 Å². The van der Waals surface area contributed by atoms with Crippen LogP contribution < -0.4 is 10.6 Å². The maximum Gasteiger partial charge on any atom is 0.247 e. The maximum atomic E-state index is 14.9. The highest BCUT2D eigenvalue weighted by Crippen LogP contribution is 2.57. The van der Waals surface area contributed by atoms with Crippen LogP contribution in [0.15, 0.2) is 96.3 Å². The van der Waals surface area contributed by atoms with Crippen molar-refractivity contribution in [1.82, 2.24) is 9.78 Å². The van der Waals surface area contributed by atoms with Crippen molar-refractivity contribution in [2.75, 3.05) is 17.2 Å². The molecule has 0 saturated carbocycles. The molecule has 2 aliphatic rings. The number of rotatable bonds is 5. The smallest absolute Gasteiger partial charge is 0.247 e. The largest absolute Gasteiger partial charge is 0.512 e. The van der Waals surface area contributed by atoms with Gasteiger partial charge in [0.15, 0.2) is 5.78 Å². The molecule has 40 heavy (non-hydrogen) atoms. The van der Waals surface area contributed by atoms with Crippen LogP contribution in [0.4, 0.5) is 11.5 Å². The quantitative estimate of drug-likeness (QED) is 0.330. The molecule has 1 aromatic heterocycles. The van der Waals surface area contributed by atoms with Gasteiger partial charge in [-0.05, 0) is 30.5 Å². The minimum absolute atomic E-state index is 0.0757. The Balaban J connectivity index is 1.79. The van der Waals surface area contributed by atoms with E-state index in [4.69, 9.17) is 10.8 Å². The minimum atomic E-state index is -1.67. The minimum Gasteiger partial charge on any atom is -0.512 e. The van der Waals surface area contributed by atoms with Gasteiger partial charge in [-0.15, -0.1) is 0 Å². The second-order valence-electron chi connectivity index (χ2n) is 11.3. The van der Waals surface area contributed by atoms with Crippen LogP contribution in [0.1, 0.15) is 44.7 Å². The number of benzene rings is 3. The molecule has 0 fully saturated rings. The number of aliphatic hydroxyl groups excluding tert-OH is 1. The Bertz CT molecular complexity index is 1670. The SMILES string of the molecule is CCN1C(=O)C(C2=C(O)CC(C)(C)CC2=O)(c2c(-c3ccccc3)nn(-c3ccccc3)c2N)c2ccccc21. The number of carbonyl (C=O) groups is 2. The van der Waals surface area contributed by atoms with E-state index in [9.17, 15) is 14.7 Å². The molecule has 2 heterocycles. The second kappa shape index (κ2) is 9.23. The Morgan fingerprint density at radius 2 is 1.52 bits per heavy atom. The first-order chi connectivity index (χ1) is 19.2. The van der Waals surface area contributed by atoms with Crippen LogP contribution in [0.5, 0.6) is 0 Å². The Morgan fingerprint density at radius 3 is 2.17 bits per heavy atom. The number of likely N-dealkylation sites (N-methyl/N-ethyl adjacent to an activating group) is 1. The lowest BCUT2D eigenvalue weighted by atomic mass is 9.62. The summed E-state index contributed by atoms with van der Waals surface area (Å²) in [6, 6.07) is 26.5. The average Bonchev–Trinajstić information content (AvgIpc) is 3.40. The van der Waals surface area contributed by atoms with E-state index in [1.807, 2.05) is 106 Å². The molecular weight excluding hydrogens is 500 g/mol. The molecular formula is C33H32N4O3. The Kier molecular flexibility index (Phi) is 5.91. The van der Waals surface area contributed by atoms with Crippen molar-refractivity contribution in [3.8, 4) is 16.9 Å². The summed E-state index contributed by atoms with van der Waals surface area (Å²) in [5.74, 6) is -0.416.